The quantitative estimate of drug-likeness (QED) is 0.264. The summed E-state index contributed by atoms with van der Waals surface area (Å²) in [5.41, 5.74) is 2.27. The largest absolute Gasteiger partial charge is 0.495 e. The number of esters is 1. The summed E-state index contributed by atoms with van der Waals surface area (Å²) in [5, 5.41) is 0. The first-order chi connectivity index (χ1) is 17.3. The number of anilines is 2. The van der Waals surface area contributed by atoms with E-state index in [1.165, 1.54) is 18.1 Å². The molecule has 1 fully saturated rings. The third-order valence-electron chi connectivity index (χ3n) is 6.31. The van der Waals surface area contributed by atoms with Crippen molar-refractivity contribution in [3.63, 3.8) is 0 Å². The van der Waals surface area contributed by atoms with E-state index in [1.54, 1.807) is 55.5 Å². The number of para-hydroxylation sites is 2. The Morgan fingerprint density at radius 1 is 0.944 bits per heavy atom. The van der Waals surface area contributed by atoms with Gasteiger partial charge in [0.2, 0.25) is 5.91 Å². The molecule has 0 saturated carbocycles. The summed E-state index contributed by atoms with van der Waals surface area (Å²) in [7, 11) is 1.53. The second-order valence-corrected chi connectivity index (χ2v) is 9.50. The van der Waals surface area contributed by atoms with E-state index >= 15 is 0 Å². The van der Waals surface area contributed by atoms with Gasteiger partial charge in [0, 0.05) is 17.4 Å². The van der Waals surface area contributed by atoms with Gasteiger partial charge in [-0.2, -0.15) is 0 Å². The van der Waals surface area contributed by atoms with Crippen LogP contribution in [0.4, 0.5) is 11.4 Å². The van der Waals surface area contributed by atoms with Crippen LogP contribution in [0.3, 0.4) is 0 Å². The number of carbonyl (C=O) groups is 4. The van der Waals surface area contributed by atoms with Crippen LogP contribution in [0.15, 0.2) is 65.1 Å². The fraction of sp³-hybridized carbons (Fsp3) is 0.185. The Hall–Kier alpha value is -3.98. The lowest BCUT2D eigenvalue weighted by Crippen LogP contribution is -2.30. The smallest absolute Gasteiger partial charge is 0.316 e. The van der Waals surface area contributed by atoms with Gasteiger partial charge < -0.3 is 14.4 Å². The van der Waals surface area contributed by atoms with E-state index in [0.717, 1.165) is 4.90 Å². The molecule has 3 amide bonds. The number of nitrogens with zero attached hydrogens (tertiary/aromatic N) is 2. The number of carbonyl (C=O) groups excluding carboxylic acids is 4. The summed E-state index contributed by atoms with van der Waals surface area (Å²) in [5.74, 6) is -1.36. The third kappa shape index (κ3) is 4.05. The lowest BCUT2D eigenvalue weighted by Gasteiger charge is -2.19. The number of ether oxygens (including phenoxy) is 2. The highest BCUT2D eigenvalue weighted by atomic mass is 79.9. The first-order valence-corrected chi connectivity index (χ1v) is 12.0. The minimum Gasteiger partial charge on any atom is -0.495 e. The van der Waals surface area contributed by atoms with E-state index in [2.05, 4.69) is 15.9 Å². The summed E-state index contributed by atoms with van der Waals surface area (Å²) in [6.07, 6.45) is 0.0263. The van der Waals surface area contributed by atoms with Crippen LogP contribution in [0.1, 0.15) is 32.7 Å². The molecule has 2 heterocycles. The molecule has 0 N–H and O–H groups in total. The summed E-state index contributed by atoms with van der Waals surface area (Å²) in [6.45, 7) is 1.91. The maximum atomic E-state index is 12.9. The molecule has 0 spiro atoms. The molecular weight excluding hydrogens is 528 g/mol. The van der Waals surface area contributed by atoms with Gasteiger partial charge in [0.15, 0.2) is 0 Å². The molecule has 9 heteroatoms. The third-order valence-corrected chi connectivity index (χ3v) is 6.80. The highest BCUT2D eigenvalue weighted by Crippen LogP contribution is 2.35. The molecule has 36 heavy (non-hydrogen) atoms. The minimum absolute atomic E-state index is 0.0263. The number of halogens is 1. The highest BCUT2D eigenvalue weighted by molar-refractivity contribution is 9.10. The van der Waals surface area contributed by atoms with Gasteiger partial charge in [0.05, 0.1) is 35.5 Å². The maximum Gasteiger partial charge on any atom is 0.316 e. The normalized spacial score (nSPS) is 17.0. The first-order valence-electron chi connectivity index (χ1n) is 11.2. The Labute approximate surface area is 215 Å². The molecule has 5 rings (SSSR count). The SMILES string of the molecule is COc1ccccc1N1C[C@H](C(=O)Oc2ccc(N3C(=O)c4ccc(Br)cc4C3=O)c(C)c2)CC1=O. The summed E-state index contributed by atoms with van der Waals surface area (Å²) in [6, 6.07) is 16.8. The van der Waals surface area contributed by atoms with E-state index in [4.69, 9.17) is 9.47 Å². The number of imide groups is 1. The van der Waals surface area contributed by atoms with Gasteiger partial charge in [-0.25, -0.2) is 4.90 Å². The standard InChI is InChI=1S/C27H21BrN2O6/c1-15-11-18(8-10-21(15)30-25(32)19-9-7-17(28)13-20(19)26(30)33)36-27(34)16-12-24(31)29(14-16)22-5-3-4-6-23(22)35-2/h3-11,13,16H,12,14H2,1-2H3/t16-/m1/s1. The van der Waals surface area contributed by atoms with E-state index in [9.17, 15) is 19.2 Å². The molecule has 0 bridgehead atoms. The van der Waals surface area contributed by atoms with E-state index in [0.29, 0.717) is 38.3 Å². The predicted molar refractivity (Wildman–Crippen MR) is 136 cm³/mol. The number of rotatable bonds is 5. The van der Waals surface area contributed by atoms with Crippen LogP contribution in [0.5, 0.6) is 11.5 Å². The Balaban J connectivity index is 1.31. The molecule has 0 aliphatic carbocycles. The number of methoxy groups -OCH3 is 1. The maximum absolute atomic E-state index is 12.9. The molecule has 8 nitrogen and oxygen atoms in total. The zero-order valence-electron chi connectivity index (χ0n) is 19.5. The molecule has 1 saturated heterocycles. The Bertz CT molecular complexity index is 1440. The van der Waals surface area contributed by atoms with Gasteiger partial charge in [-0.3, -0.25) is 19.2 Å². The molecular formula is C27H21BrN2O6. The van der Waals surface area contributed by atoms with Gasteiger partial charge in [0.1, 0.15) is 11.5 Å². The molecule has 2 aliphatic heterocycles. The monoisotopic (exact) mass is 548 g/mol. The van der Waals surface area contributed by atoms with Crippen LogP contribution in [0, 0.1) is 12.8 Å². The van der Waals surface area contributed by atoms with E-state index < -0.39 is 23.7 Å². The zero-order valence-corrected chi connectivity index (χ0v) is 21.1. The van der Waals surface area contributed by atoms with E-state index in [-0.39, 0.29) is 24.6 Å². The Morgan fingerprint density at radius 2 is 1.69 bits per heavy atom. The average molecular weight is 549 g/mol. The molecule has 0 unspecified atom stereocenters. The molecule has 0 radical (unpaired) electrons. The van der Waals surface area contributed by atoms with Crippen LogP contribution >= 0.6 is 15.9 Å². The van der Waals surface area contributed by atoms with Gasteiger partial charge in [-0.05, 0) is 61.0 Å². The number of hydrogen-bond acceptors (Lipinski definition) is 6. The minimum atomic E-state index is -0.642. The lowest BCUT2D eigenvalue weighted by molar-refractivity contribution is -0.139. The van der Waals surface area contributed by atoms with Gasteiger partial charge in [-0.1, -0.05) is 28.1 Å². The van der Waals surface area contributed by atoms with Gasteiger partial charge in [0.25, 0.3) is 11.8 Å². The van der Waals surface area contributed by atoms with Crippen LogP contribution < -0.4 is 19.3 Å². The molecule has 3 aromatic rings. The van der Waals surface area contributed by atoms with Crippen molar-refractivity contribution in [2.45, 2.75) is 13.3 Å². The fourth-order valence-corrected chi connectivity index (χ4v) is 4.89. The van der Waals surface area contributed by atoms with Gasteiger partial charge in [-0.15, -0.1) is 0 Å². The highest BCUT2D eigenvalue weighted by Gasteiger charge is 2.39. The molecule has 182 valence electrons. The van der Waals surface area contributed by atoms with Crippen LogP contribution in [-0.2, 0) is 9.59 Å². The molecule has 1 atom stereocenters. The number of benzene rings is 3. The topological polar surface area (TPSA) is 93.2 Å². The number of aryl methyl sites for hydroxylation is 1. The lowest BCUT2D eigenvalue weighted by atomic mass is 10.1. The first kappa shape index (κ1) is 23.7. The molecule has 2 aliphatic rings. The average Bonchev–Trinajstić information content (AvgIpc) is 3.36. The fourth-order valence-electron chi connectivity index (χ4n) is 4.52. The van der Waals surface area contributed by atoms with Crippen LogP contribution in [0.2, 0.25) is 0 Å². The number of fused-ring (bicyclic) bond motifs is 1. The Kier molecular flexibility index (Phi) is 6.09. The van der Waals surface area contributed by atoms with Gasteiger partial charge >= 0.3 is 5.97 Å². The van der Waals surface area contributed by atoms with Crippen molar-refractivity contribution in [3.05, 3.63) is 81.8 Å². The van der Waals surface area contributed by atoms with Crippen molar-refractivity contribution < 1.29 is 28.7 Å². The summed E-state index contributed by atoms with van der Waals surface area (Å²) in [4.78, 5) is 54.0. The molecule has 3 aromatic carbocycles. The van der Waals surface area contributed by atoms with E-state index in [1.807, 2.05) is 6.07 Å². The second-order valence-electron chi connectivity index (χ2n) is 8.58. The Morgan fingerprint density at radius 3 is 2.44 bits per heavy atom. The van der Waals surface area contributed by atoms with Crippen molar-refractivity contribution in [3.8, 4) is 11.5 Å². The number of hydrogen-bond donors (Lipinski definition) is 0. The zero-order chi connectivity index (χ0) is 25.6. The van der Waals surface area contributed by atoms with Crippen molar-refractivity contribution >= 4 is 51.0 Å². The summed E-state index contributed by atoms with van der Waals surface area (Å²) < 4.78 is 11.6. The second kappa shape index (κ2) is 9.23. The van der Waals surface area contributed by atoms with Crippen molar-refractivity contribution in [1.29, 1.82) is 0 Å². The van der Waals surface area contributed by atoms with Crippen LogP contribution in [-0.4, -0.2) is 37.3 Å². The van der Waals surface area contributed by atoms with Crippen molar-refractivity contribution in [2.24, 2.45) is 5.92 Å². The van der Waals surface area contributed by atoms with Crippen LogP contribution in [0.25, 0.3) is 0 Å². The predicted octanol–water partition coefficient (Wildman–Crippen LogP) is 4.53. The number of amides is 3. The molecule has 0 aromatic heterocycles. The van der Waals surface area contributed by atoms with Crippen molar-refractivity contribution in [1.82, 2.24) is 0 Å². The summed E-state index contributed by atoms with van der Waals surface area (Å²) >= 11 is 3.33. The van der Waals surface area contributed by atoms with Crippen molar-refractivity contribution in [2.75, 3.05) is 23.5 Å².